The molecule has 1 aromatic heterocycles. The summed E-state index contributed by atoms with van der Waals surface area (Å²) in [5.74, 6) is 1.32. The Bertz CT molecular complexity index is 632. The second-order valence-corrected chi connectivity index (χ2v) is 6.23. The van der Waals surface area contributed by atoms with Gasteiger partial charge in [-0.2, -0.15) is 5.10 Å². The van der Waals surface area contributed by atoms with Crippen molar-refractivity contribution in [2.24, 2.45) is 5.92 Å². The van der Waals surface area contributed by atoms with Crippen molar-refractivity contribution in [1.82, 2.24) is 15.5 Å². The lowest BCUT2D eigenvalue weighted by Crippen LogP contribution is -2.32. The molecule has 5 heteroatoms. The van der Waals surface area contributed by atoms with Crippen molar-refractivity contribution in [3.05, 3.63) is 36.0 Å². The van der Waals surface area contributed by atoms with Gasteiger partial charge in [0.25, 0.3) is 5.91 Å². The van der Waals surface area contributed by atoms with Crippen LogP contribution in [0.5, 0.6) is 5.75 Å². The van der Waals surface area contributed by atoms with Crippen LogP contribution >= 0.6 is 0 Å². The summed E-state index contributed by atoms with van der Waals surface area (Å²) in [5, 5.41) is 9.99. The van der Waals surface area contributed by atoms with E-state index in [4.69, 9.17) is 4.74 Å². The fraction of sp³-hybridized carbons (Fsp3) is 0.444. The van der Waals surface area contributed by atoms with Crippen LogP contribution in [0, 0.1) is 5.92 Å². The highest BCUT2D eigenvalue weighted by Gasteiger charge is 2.17. The number of hydrogen-bond donors (Lipinski definition) is 2. The van der Waals surface area contributed by atoms with Gasteiger partial charge in [0.05, 0.1) is 24.6 Å². The first kappa shape index (κ1) is 17.1. The van der Waals surface area contributed by atoms with E-state index in [2.05, 4.69) is 29.4 Å². The number of carbonyl (C=O) groups is 1. The van der Waals surface area contributed by atoms with Crippen molar-refractivity contribution in [2.75, 3.05) is 7.11 Å². The van der Waals surface area contributed by atoms with Gasteiger partial charge in [-0.25, -0.2) is 0 Å². The Balaban J connectivity index is 2.08. The van der Waals surface area contributed by atoms with E-state index in [1.807, 2.05) is 31.2 Å². The fourth-order valence-corrected chi connectivity index (χ4v) is 2.39. The third-order valence-corrected chi connectivity index (χ3v) is 3.82. The highest BCUT2D eigenvalue weighted by Crippen LogP contribution is 2.23. The molecule has 0 aliphatic heterocycles. The molecule has 0 fully saturated rings. The van der Waals surface area contributed by atoms with Crippen LogP contribution in [0.15, 0.2) is 30.5 Å². The van der Waals surface area contributed by atoms with E-state index in [0.29, 0.717) is 11.5 Å². The molecule has 124 valence electrons. The number of nitrogens with one attached hydrogen (secondary N) is 2. The van der Waals surface area contributed by atoms with Gasteiger partial charge < -0.3 is 10.1 Å². The lowest BCUT2D eigenvalue weighted by atomic mass is 10.0. The Morgan fingerprint density at radius 3 is 2.52 bits per heavy atom. The fourth-order valence-electron chi connectivity index (χ4n) is 2.39. The van der Waals surface area contributed by atoms with Crippen LogP contribution in [0.3, 0.4) is 0 Å². The topological polar surface area (TPSA) is 67.0 Å². The van der Waals surface area contributed by atoms with Crippen LogP contribution in [0.2, 0.25) is 0 Å². The molecule has 1 amide bonds. The first-order valence-corrected chi connectivity index (χ1v) is 8.00. The van der Waals surface area contributed by atoms with Crippen LogP contribution in [-0.2, 0) is 0 Å². The molecule has 0 spiro atoms. The molecule has 2 rings (SSSR count). The molecule has 0 bridgehead atoms. The van der Waals surface area contributed by atoms with Crippen LogP contribution < -0.4 is 10.1 Å². The highest BCUT2D eigenvalue weighted by atomic mass is 16.5. The Hall–Kier alpha value is -2.30. The standard InChI is InChI=1S/C18H25N3O2/c1-12(2)5-6-13(3)20-18(22)16-11-19-21-17(16)14-7-9-15(23-4)10-8-14/h7-13H,5-6H2,1-4H3,(H,19,21)(H,20,22). The van der Waals surface area contributed by atoms with E-state index in [1.165, 1.54) is 0 Å². The van der Waals surface area contributed by atoms with Gasteiger partial charge in [0.15, 0.2) is 0 Å². The molecule has 0 aliphatic rings. The van der Waals surface area contributed by atoms with Crippen LogP contribution in [0.4, 0.5) is 0 Å². The van der Waals surface area contributed by atoms with Gasteiger partial charge >= 0.3 is 0 Å². The molecule has 1 heterocycles. The monoisotopic (exact) mass is 315 g/mol. The number of methoxy groups -OCH3 is 1. The lowest BCUT2D eigenvalue weighted by molar-refractivity contribution is 0.0938. The first-order valence-electron chi connectivity index (χ1n) is 8.00. The van der Waals surface area contributed by atoms with Crippen LogP contribution in [0.25, 0.3) is 11.3 Å². The summed E-state index contributed by atoms with van der Waals surface area (Å²) in [6.45, 7) is 6.41. The quantitative estimate of drug-likeness (QED) is 0.819. The van der Waals surface area contributed by atoms with Gasteiger partial charge in [-0.3, -0.25) is 9.89 Å². The van der Waals surface area contributed by atoms with E-state index in [9.17, 15) is 4.79 Å². The molecule has 1 aromatic carbocycles. The zero-order valence-electron chi connectivity index (χ0n) is 14.2. The molecular weight excluding hydrogens is 290 g/mol. The highest BCUT2D eigenvalue weighted by molar-refractivity contribution is 5.99. The molecule has 0 saturated heterocycles. The minimum absolute atomic E-state index is 0.0965. The smallest absolute Gasteiger partial charge is 0.255 e. The largest absolute Gasteiger partial charge is 0.497 e. The maximum atomic E-state index is 12.5. The van der Waals surface area contributed by atoms with E-state index in [0.717, 1.165) is 29.8 Å². The Kier molecular flexibility index (Phi) is 5.79. The van der Waals surface area contributed by atoms with Crippen molar-refractivity contribution in [3.8, 4) is 17.0 Å². The second-order valence-electron chi connectivity index (χ2n) is 6.23. The Morgan fingerprint density at radius 2 is 1.91 bits per heavy atom. The van der Waals surface area contributed by atoms with Crippen molar-refractivity contribution >= 4 is 5.91 Å². The van der Waals surface area contributed by atoms with Crippen LogP contribution in [0.1, 0.15) is 44.0 Å². The second kappa shape index (κ2) is 7.81. The van der Waals surface area contributed by atoms with E-state index >= 15 is 0 Å². The lowest BCUT2D eigenvalue weighted by Gasteiger charge is -2.15. The Labute approximate surface area is 137 Å². The van der Waals surface area contributed by atoms with Gasteiger partial charge in [0.1, 0.15) is 5.75 Å². The van der Waals surface area contributed by atoms with Crippen molar-refractivity contribution in [3.63, 3.8) is 0 Å². The maximum Gasteiger partial charge on any atom is 0.255 e. The summed E-state index contributed by atoms with van der Waals surface area (Å²) in [7, 11) is 1.63. The van der Waals surface area contributed by atoms with Gasteiger partial charge in [0, 0.05) is 11.6 Å². The first-order chi connectivity index (χ1) is 11.0. The summed E-state index contributed by atoms with van der Waals surface area (Å²) in [6.07, 6.45) is 3.64. The molecule has 0 aliphatic carbocycles. The average molecular weight is 315 g/mol. The summed E-state index contributed by atoms with van der Waals surface area (Å²) in [4.78, 5) is 12.5. The predicted molar refractivity (Wildman–Crippen MR) is 91.6 cm³/mol. The van der Waals surface area contributed by atoms with Gasteiger partial charge in [0.2, 0.25) is 0 Å². The molecule has 0 saturated carbocycles. The van der Waals surface area contributed by atoms with Crippen LogP contribution in [-0.4, -0.2) is 29.3 Å². The van der Waals surface area contributed by atoms with Crippen molar-refractivity contribution in [1.29, 1.82) is 0 Å². The zero-order chi connectivity index (χ0) is 16.8. The van der Waals surface area contributed by atoms with Gasteiger partial charge in [-0.05, 0) is 49.9 Å². The normalized spacial score (nSPS) is 12.2. The third kappa shape index (κ3) is 4.58. The minimum atomic E-state index is -0.0965. The number of aromatic amines is 1. The number of carbonyl (C=O) groups excluding carboxylic acids is 1. The van der Waals surface area contributed by atoms with Crippen molar-refractivity contribution in [2.45, 2.75) is 39.7 Å². The number of ether oxygens (including phenoxy) is 1. The number of rotatable bonds is 7. The molecule has 5 nitrogen and oxygen atoms in total. The minimum Gasteiger partial charge on any atom is -0.497 e. The molecule has 1 atom stereocenters. The predicted octanol–water partition coefficient (Wildman–Crippen LogP) is 3.64. The summed E-state index contributed by atoms with van der Waals surface area (Å²) in [6, 6.07) is 7.69. The van der Waals surface area contributed by atoms with Crippen molar-refractivity contribution < 1.29 is 9.53 Å². The number of hydrogen-bond acceptors (Lipinski definition) is 3. The third-order valence-electron chi connectivity index (χ3n) is 3.82. The number of H-pyrrole nitrogens is 1. The SMILES string of the molecule is COc1ccc(-c2[nH]ncc2C(=O)NC(C)CCC(C)C)cc1. The molecule has 1 unspecified atom stereocenters. The summed E-state index contributed by atoms with van der Waals surface area (Å²) in [5.41, 5.74) is 2.19. The molecule has 2 aromatic rings. The van der Waals surface area contributed by atoms with E-state index in [-0.39, 0.29) is 11.9 Å². The summed E-state index contributed by atoms with van der Waals surface area (Å²) < 4.78 is 5.16. The number of aromatic nitrogens is 2. The zero-order valence-corrected chi connectivity index (χ0v) is 14.2. The van der Waals surface area contributed by atoms with Gasteiger partial charge in [-0.15, -0.1) is 0 Å². The molecule has 2 N–H and O–H groups in total. The molecule has 0 radical (unpaired) electrons. The van der Waals surface area contributed by atoms with Gasteiger partial charge in [-0.1, -0.05) is 13.8 Å². The number of nitrogens with zero attached hydrogens (tertiary/aromatic N) is 1. The number of amides is 1. The molecule has 23 heavy (non-hydrogen) atoms. The maximum absolute atomic E-state index is 12.5. The average Bonchev–Trinajstić information content (AvgIpc) is 3.02. The molecular formula is C18H25N3O2. The van der Waals surface area contributed by atoms with E-state index in [1.54, 1.807) is 13.3 Å². The number of benzene rings is 1. The summed E-state index contributed by atoms with van der Waals surface area (Å²) >= 11 is 0. The van der Waals surface area contributed by atoms with E-state index < -0.39 is 0 Å². The Morgan fingerprint density at radius 1 is 1.22 bits per heavy atom.